The Morgan fingerprint density at radius 2 is 1.85 bits per heavy atom. The highest BCUT2D eigenvalue weighted by Crippen LogP contribution is 2.37. The van der Waals surface area contributed by atoms with Crippen molar-refractivity contribution in [2.45, 2.75) is 6.04 Å². The van der Waals surface area contributed by atoms with Crippen molar-refractivity contribution in [2.75, 3.05) is 14.2 Å². The minimum atomic E-state index is -0.612. The first kappa shape index (κ1) is 17.3. The lowest BCUT2D eigenvalue weighted by Crippen LogP contribution is -2.25. The van der Waals surface area contributed by atoms with Crippen LogP contribution >= 0.6 is 11.6 Å². The molecule has 0 spiro atoms. The molecule has 1 aliphatic rings. The molecule has 2 heterocycles. The van der Waals surface area contributed by atoms with Gasteiger partial charge in [-0.3, -0.25) is 9.59 Å². The number of amides is 1. The number of halogens is 1. The maximum Gasteiger partial charge on any atom is 0.337 e. The van der Waals surface area contributed by atoms with Crippen LogP contribution in [0.25, 0.3) is 11.0 Å². The van der Waals surface area contributed by atoms with Gasteiger partial charge in [-0.15, -0.1) is 0 Å². The molecule has 1 unspecified atom stereocenters. The Kier molecular flexibility index (Phi) is 4.00. The zero-order valence-corrected chi connectivity index (χ0v) is 15.2. The van der Waals surface area contributed by atoms with Crippen molar-refractivity contribution in [1.82, 2.24) is 4.90 Å². The normalized spacial score (nSPS) is 15.9. The van der Waals surface area contributed by atoms with E-state index in [-0.39, 0.29) is 22.7 Å². The molecule has 136 valence electrons. The molecule has 0 saturated carbocycles. The van der Waals surface area contributed by atoms with Gasteiger partial charge in [-0.25, -0.2) is 4.79 Å². The summed E-state index contributed by atoms with van der Waals surface area (Å²) in [4.78, 5) is 38.8. The number of fused-ring (bicyclic) bond motifs is 2. The van der Waals surface area contributed by atoms with Gasteiger partial charge in [0, 0.05) is 12.1 Å². The van der Waals surface area contributed by atoms with Gasteiger partial charge in [0.1, 0.15) is 5.58 Å². The van der Waals surface area contributed by atoms with E-state index in [1.807, 2.05) is 0 Å². The van der Waals surface area contributed by atoms with Crippen LogP contribution in [-0.2, 0) is 4.74 Å². The smallest absolute Gasteiger partial charge is 0.337 e. The lowest BCUT2D eigenvalue weighted by atomic mass is 9.98. The van der Waals surface area contributed by atoms with E-state index in [4.69, 9.17) is 20.8 Å². The summed E-state index contributed by atoms with van der Waals surface area (Å²) in [5.74, 6) is -0.807. The van der Waals surface area contributed by atoms with E-state index in [1.165, 1.54) is 18.1 Å². The number of hydrogen-bond donors (Lipinski definition) is 0. The second kappa shape index (κ2) is 6.25. The maximum absolute atomic E-state index is 13.1. The summed E-state index contributed by atoms with van der Waals surface area (Å²) in [5.41, 5.74) is 1.35. The van der Waals surface area contributed by atoms with Crippen LogP contribution in [0.3, 0.4) is 0 Å². The minimum absolute atomic E-state index is 0.0272. The maximum atomic E-state index is 13.1. The monoisotopic (exact) mass is 383 g/mol. The number of rotatable bonds is 2. The molecule has 1 aromatic heterocycles. The van der Waals surface area contributed by atoms with Crippen LogP contribution in [0, 0.1) is 0 Å². The van der Waals surface area contributed by atoms with E-state index in [0.29, 0.717) is 27.1 Å². The SMILES string of the molecule is COC(=O)c1ccc(C2c3c(oc4ccc(Cl)cc4c3=O)C(=O)N2C)cc1. The molecule has 0 N–H and O–H groups in total. The van der Waals surface area contributed by atoms with Crippen LogP contribution in [0.15, 0.2) is 51.7 Å². The summed E-state index contributed by atoms with van der Waals surface area (Å²) in [5, 5.41) is 0.729. The number of methoxy groups -OCH3 is 1. The van der Waals surface area contributed by atoms with Crippen LogP contribution in [0.2, 0.25) is 5.02 Å². The average Bonchev–Trinajstić information content (AvgIpc) is 2.93. The largest absolute Gasteiger partial charge is 0.465 e. The van der Waals surface area contributed by atoms with Crippen molar-refractivity contribution in [2.24, 2.45) is 0 Å². The molecule has 6 nitrogen and oxygen atoms in total. The van der Waals surface area contributed by atoms with Gasteiger partial charge in [0.25, 0.3) is 5.91 Å². The second-order valence-corrected chi connectivity index (χ2v) is 6.68. The summed E-state index contributed by atoms with van der Waals surface area (Å²) in [6.45, 7) is 0. The number of nitrogens with zero attached hydrogens (tertiary/aromatic N) is 1. The Morgan fingerprint density at radius 1 is 1.15 bits per heavy atom. The second-order valence-electron chi connectivity index (χ2n) is 6.25. The summed E-state index contributed by atoms with van der Waals surface area (Å²) in [6.07, 6.45) is 0. The number of carbonyl (C=O) groups is 2. The zero-order valence-electron chi connectivity index (χ0n) is 14.5. The summed E-state index contributed by atoms with van der Waals surface area (Å²) >= 11 is 6.01. The Balaban J connectivity index is 1.91. The third-order valence-corrected chi connectivity index (χ3v) is 4.95. The highest BCUT2D eigenvalue weighted by Gasteiger charge is 2.40. The Labute approximate surface area is 158 Å². The van der Waals surface area contributed by atoms with Gasteiger partial charge < -0.3 is 14.1 Å². The molecule has 1 amide bonds. The molecule has 1 aliphatic heterocycles. The Hall–Kier alpha value is -3.12. The zero-order chi connectivity index (χ0) is 19.3. The fourth-order valence-electron chi connectivity index (χ4n) is 3.37. The minimum Gasteiger partial charge on any atom is -0.465 e. The van der Waals surface area contributed by atoms with Crippen molar-refractivity contribution in [3.8, 4) is 0 Å². The van der Waals surface area contributed by atoms with Gasteiger partial charge in [-0.2, -0.15) is 0 Å². The first-order valence-electron chi connectivity index (χ1n) is 8.14. The molecule has 0 aliphatic carbocycles. The Bertz CT molecular complexity index is 1150. The lowest BCUT2D eigenvalue weighted by molar-refractivity contribution is 0.0600. The first-order valence-corrected chi connectivity index (χ1v) is 8.52. The molecule has 0 radical (unpaired) electrons. The molecule has 2 aromatic carbocycles. The van der Waals surface area contributed by atoms with Crippen LogP contribution in [0.1, 0.15) is 38.1 Å². The standard InChI is InChI=1S/C20H14ClNO5/c1-22-16(10-3-5-11(6-4-10)20(25)26-2)15-17(23)13-9-12(21)7-8-14(13)27-18(15)19(22)24/h3-9,16H,1-2H3. The number of ether oxygens (including phenoxy) is 1. The van der Waals surface area contributed by atoms with E-state index < -0.39 is 12.0 Å². The van der Waals surface area contributed by atoms with Crippen molar-refractivity contribution in [3.05, 3.63) is 80.2 Å². The predicted octanol–water partition coefficient (Wildman–Crippen LogP) is 3.41. The summed E-state index contributed by atoms with van der Waals surface area (Å²) < 4.78 is 10.4. The van der Waals surface area contributed by atoms with Crippen LogP contribution in [-0.4, -0.2) is 30.9 Å². The number of benzene rings is 2. The number of esters is 1. The van der Waals surface area contributed by atoms with E-state index >= 15 is 0 Å². The molecule has 7 heteroatoms. The molecule has 1 atom stereocenters. The lowest BCUT2D eigenvalue weighted by Gasteiger charge is -2.20. The fraction of sp³-hybridized carbons (Fsp3) is 0.150. The van der Waals surface area contributed by atoms with E-state index in [0.717, 1.165) is 0 Å². The summed E-state index contributed by atoms with van der Waals surface area (Å²) in [7, 11) is 2.91. The fourth-order valence-corrected chi connectivity index (χ4v) is 3.54. The van der Waals surface area contributed by atoms with Gasteiger partial charge in [-0.1, -0.05) is 23.7 Å². The van der Waals surface area contributed by atoms with E-state index in [1.54, 1.807) is 43.4 Å². The topological polar surface area (TPSA) is 76.8 Å². The number of carbonyl (C=O) groups excluding carboxylic acids is 2. The average molecular weight is 384 g/mol. The van der Waals surface area contributed by atoms with Crippen molar-refractivity contribution < 1.29 is 18.7 Å². The van der Waals surface area contributed by atoms with Crippen molar-refractivity contribution in [3.63, 3.8) is 0 Å². The molecule has 27 heavy (non-hydrogen) atoms. The molecule has 0 bridgehead atoms. The first-order chi connectivity index (χ1) is 12.9. The van der Waals surface area contributed by atoms with Gasteiger partial charge in [0.2, 0.25) is 5.76 Å². The Morgan fingerprint density at radius 3 is 2.52 bits per heavy atom. The van der Waals surface area contributed by atoms with E-state index in [2.05, 4.69) is 0 Å². The molecule has 3 aromatic rings. The van der Waals surface area contributed by atoms with Gasteiger partial charge in [0.05, 0.1) is 29.7 Å². The molecular formula is C20H14ClNO5. The third-order valence-electron chi connectivity index (χ3n) is 4.71. The van der Waals surface area contributed by atoms with Crippen molar-refractivity contribution in [1.29, 1.82) is 0 Å². The highest BCUT2D eigenvalue weighted by atomic mass is 35.5. The molecule has 0 saturated heterocycles. The quantitative estimate of drug-likeness (QED) is 0.634. The summed E-state index contributed by atoms with van der Waals surface area (Å²) in [6, 6.07) is 10.7. The van der Waals surface area contributed by atoms with Crippen LogP contribution in [0.4, 0.5) is 0 Å². The van der Waals surface area contributed by atoms with Crippen molar-refractivity contribution >= 4 is 34.4 Å². The molecule has 4 rings (SSSR count). The van der Waals surface area contributed by atoms with Gasteiger partial charge in [0.15, 0.2) is 5.43 Å². The van der Waals surface area contributed by atoms with Crippen LogP contribution < -0.4 is 5.43 Å². The predicted molar refractivity (Wildman–Crippen MR) is 99.2 cm³/mol. The van der Waals surface area contributed by atoms with E-state index in [9.17, 15) is 14.4 Å². The van der Waals surface area contributed by atoms with Gasteiger partial charge >= 0.3 is 5.97 Å². The highest BCUT2D eigenvalue weighted by molar-refractivity contribution is 6.31. The third kappa shape index (κ3) is 2.61. The van der Waals surface area contributed by atoms with Crippen LogP contribution in [0.5, 0.6) is 0 Å². The molecule has 0 fully saturated rings. The van der Waals surface area contributed by atoms with Gasteiger partial charge in [-0.05, 0) is 35.9 Å². The molecular weight excluding hydrogens is 370 g/mol. The number of hydrogen-bond acceptors (Lipinski definition) is 5.